The highest BCUT2D eigenvalue weighted by Gasteiger charge is 2.50. The molecule has 29 heteroatoms. The average Bonchev–Trinajstić information content (AvgIpc) is 1.65. The average molecular weight is 1220 g/mol. The second-order valence-corrected chi connectivity index (χ2v) is 22.4. The van der Waals surface area contributed by atoms with E-state index in [2.05, 4.69) is 26.6 Å². The minimum Gasteiger partial charge on any atom is -0.479 e. The highest BCUT2D eigenvalue weighted by atomic mass is 19.1. The van der Waals surface area contributed by atoms with Crippen LogP contribution in [-0.4, -0.2) is 171 Å². The predicted octanol–water partition coefficient (Wildman–Crippen LogP) is -0.864. The van der Waals surface area contributed by atoms with Crippen LogP contribution in [0.15, 0.2) is 35.1 Å². The zero-order valence-corrected chi connectivity index (χ0v) is 47.8. The summed E-state index contributed by atoms with van der Waals surface area (Å²) in [5, 5.41) is 67.3. The first-order chi connectivity index (χ1) is 41.6. The molecule has 2 aromatic heterocycles. The lowest BCUT2D eigenvalue weighted by Gasteiger charge is -2.38. The summed E-state index contributed by atoms with van der Waals surface area (Å²) in [7, 11) is 1.50. The number of methoxy groups -OCH3 is 1. The molecule has 5 amide bonds. The molecule has 2 aromatic carbocycles. The molecule has 3 fully saturated rings. The number of hydrogen-bond donors (Lipinski definition) is 11. The second kappa shape index (κ2) is 25.9. The molecule has 4 aromatic rings. The number of carboxylic acid groups (broad SMARTS) is 1. The van der Waals surface area contributed by atoms with Crippen molar-refractivity contribution >= 4 is 52.6 Å². The molecule has 6 aliphatic rings. The van der Waals surface area contributed by atoms with Crippen molar-refractivity contribution in [3.63, 3.8) is 0 Å². The van der Waals surface area contributed by atoms with Crippen LogP contribution in [0.3, 0.4) is 0 Å². The van der Waals surface area contributed by atoms with Gasteiger partial charge in [-0.1, -0.05) is 13.0 Å². The van der Waals surface area contributed by atoms with Crippen LogP contribution in [0.5, 0.6) is 5.75 Å². The van der Waals surface area contributed by atoms with Crippen LogP contribution < -0.4 is 42.6 Å². The number of ether oxygens (including phenoxy) is 7. The Morgan fingerprint density at radius 1 is 0.908 bits per heavy atom. The number of benzene rings is 2. The fraction of sp³-hybridized carbons (Fsp3) is 0.534. The normalized spacial score (nSPS) is 26.1. The Morgan fingerprint density at radius 3 is 2.33 bits per heavy atom. The number of halogens is 1. The summed E-state index contributed by atoms with van der Waals surface area (Å²) in [6.07, 6.45) is -10.6. The number of aliphatic hydroxyl groups is 4. The van der Waals surface area contributed by atoms with Gasteiger partial charge in [0.25, 0.3) is 5.56 Å². The molecule has 12 N–H and O–H groups in total. The molecule has 0 bridgehead atoms. The molecule has 28 nitrogen and oxygen atoms in total. The Labute approximate surface area is 495 Å². The van der Waals surface area contributed by atoms with Crippen LogP contribution >= 0.6 is 0 Å². The van der Waals surface area contributed by atoms with Crippen LogP contribution in [0.1, 0.15) is 102 Å². The molecule has 5 aliphatic heterocycles. The van der Waals surface area contributed by atoms with E-state index in [1.54, 1.807) is 13.8 Å². The van der Waals surface area contributed by atoms with E-state index in [9.17, 15) is 63.9 Å². The smallest absolute Gasteiger partial charge is 0.407 e. The quantitative estimate of drug-likeness (QED) is 0.0375. The van der Waals surface area contributed by atoms with Crippen molar-refractivity contribution in [2.75, 3.05) is 33.5 Å². The van der Waals surface area contributed by atoms with Crippen LogP contribution in [0.2, 0.25) is 0 Å². The van der Waals surface area contributed by atoms with Gasteiger partial charge in [0.05, 0.1) is 73.0 Å². The summed E-state index contributed by atoms with van der Waals surface area (Å²) in [6, 6.07) is 4.54. The van der Waals surface area contributed by atoms with Crippen LogP contribution in [0.25, 0.3) is 22.3 Å². The summed E-state index contributed by atoms with van der Waals surface area (Å²) in [5.74, 6) is -4.79. The molecule has 3 saturated heterocycles. The molecule has 0 saturated carbocycles. The van der Waals surface area contributed by atoms with E-state index in [1.807, 2.05) is 0 Å². The van der Waals surface area contributed by atoms with Crippen molar-refractivity contribution < 1.29 is 96.6 Å². The van der Waals surface area contributed by atoms with Crippen LogP contribution in [-0.2, 0) is 95.5 Å². The molecule has 1 aliphatic carbocycles. The molecule has 0 spiro atoms. The van der Waals surface area contributed by atoms with Crippen molar-refractivity contribution in [1.82, 2.24) is 36.1 Å². The van der Waals surface area contributed by atoms with Gasteiger partial charge in [0.15, 0.2) is 11.7 Å². The van der Waals surface area contributed by atoms with Gasteiger partial charge in [0, 0.05) is 67.6 Å². The molecule has 7 heterocycles. The first-order valence-electron chi connectivity index (χ1n) is 28.7. The molecule has 0 unspecified atom stereocenters. The third-order valence-corrected chi connectivity index (χ3v) is 16.9. The van der Waals surface area contributed by atoms with Crippen molar-refractivity contribution in [2.45, 2.75) is 164 Å². The van der Waals surface area contributed by atoms with Gasteiger partial charge in [-0.3, -0.25) is 24.0 Å². The maximum Gasteiger partial charge on any atom is 0.407 e. The molecule has 0 radical (unpaired) electrons. The van der Waals surface area contributed by atoms with Gasteiger partial charge in [0.1, 0.15) is 55.3 Å². The molecule has 468 valence electrons. The number of alkyl carbamates (subject to hydrolysis) is 1. The Hall–Kier alpha value is -7.74. The molecular weight excluding hydrogens is 1150 g/mol. The van der Waals surface area contributed by atoms with Crippen LogP contribution in [0, 0.1) is 12.7 Å². The van der Waals surface area contributed by atoms with Crippen molar-refractivity contribution in [1.29, 1.82) is 0 Å². The number of nitrogens with zero attached hydrogens (tertiary/aromatic N) is 2. The number of esters is 1. The Kier molecular flexibility index (Phi) is 18.6. The Morgan fingerprint density at radius 2 is 1.63 bits per heavy atom. The van der Waals surface area contributed by atoms with Gasteiger partial charge in [-0.2, -0.15) is 0 Å². The lowest BCUT2D eigenvalue weighted by Crippen LogP contribution is -2.61. The van der Waals surface area contributed by atoms with Crippen LogP contribution in [0.4, 0.5) is 9.18 Å². The summed E-state index contributed by atoms with van der Waals surface area (Å²) >= 11 is 0. The maximum absolute atomic E-state index is 15.6. The van der Waals surface area contributed by atoms with Gasteiger partial charge in [0.2, 0.25) is 29.9 Å². The third kappa shape index (κ3) is 12.6. The van der Waals surface area contributed by atoms with E-state index in [1.165, 1.54) is 42.0 Å². The molecular formula is C58H69FN8O20. The minimum atomic E-state index is -2.09. The second-order valence-electron chi connectivity index (χ2n) is 22.4. The minimum absolute atomic E-state index is 0.00505. The van der Waals surface area contributed by atoms with E-state index in [0.29, 0.717) is 45.3 Å². The zero-order valence-electron chi connectivity index (χ0n) is 47.8. The number of cyclic esters (lactones) is 1. The fourth-order valence-corrected chi connectivity index (χ4v) is 12.1. The summed E-state index contributed by atoms with van der Waals surface area (Å²) < 4.78 is 55.8. The maximum atomic E-state index is 15.6. The van der Waals surface area contributed by atoms with E-state index in [0.717, 1.165) is 0 Å². The van der Waals surface area contributed by atoms with Gasteiger partial charge < -0.3 is 95.6 Å². The number of rotatable bonds is 22. The van der Waals surface area contributed by atoms with Gasteiger partial charge >= 0.3 is 18.0 Å². The number of carbonyl (C=O) groups excluding carboxylic acids is 6. The Bertz CT molecular complexity index is 3460. The first-order valence-corrected chi connectivity index (χ1v) is 28.7. The zero-order chi connectivity index (χ0) is 62.2. The first kappa shape index (κ1) is 62.3. The van der Waals surface area contributed by atoms with Gasteiger partial charge in [-0.05, 0) is 79.5 Å². The number of carboxylic acids is 1. The predicted molar refractivity (Wildman–Crippen MR) is 296 cm³/mol. The number of nitrogens with two attached hydrogens (primary N) is 1. The van der Waals surface area contributed by atoms with Crippen molar-refractivity contribution in [3.8, 4) is 17.1 Å². The number of carbonyl (C=O) groups is 7. The summed E-state index contributed by atoms with van der Waals surface area (Å²) in [5.41, 5.74) is 7.30. The number of nitrogens with one attached hydrogen (secondary N) is 5. The Balaban J connectivity index is 0.768. The van der Waals surface area contributed by atoms with Gasteiger partial charge in [-0.15, -0.1) is 0 Å². The fourth-order valence-electron chi connectivity index (χ4n) is 12.1. The molecule has 10 rings (SSSR count). The van der Waals surface area contributed by atoms with Crippen molar-refractivity contribution in [2.24, 2.45) is 5.73 Å². The SMILES string of the molecule is CC[C@@]1(O)C(=O)OCc2c1cc1n(c2=O)Cc2c-1nc1cc(F)c(C)c3c1c2[C@@H](NC(=O)OCc1ccc(O[C@@H]2O[C@H](C(=O)O)[C@@H](O)[C@H](O)[C@H]2O)c(CNC(=O)CCNC(=O)[C@@H](N)CCCC(=O)N[C@H]2CO[C@H]4[C@@H]2OC[C@@H]4NC(=O)CCOC)c1)CC3. The standard InChI is InChI=1S/C58H69FN8O20/c1-4-58(80)31-17-38-45-29(20-67(38)53(75)30(31)22-84-56(58)78)44-34(10-9-28-25(2)32(59)18-35(65-45)43(28)44)66-57(79)85-21-26-8-11-39(86-55-48(73)46(71)47(72)51(87-55)54(76)77)27(16-26)19-62-40(68)12-14-61-52(74)33(60)6-5-7-41(69)63-36-23-82-50-37(24-83-49(36)50)64-42(70)13-15-81-3/h8,11,16-18,33-34,36-37,46-51,55,71-73,80H,4-7,9-10,12-15,19-24,60H2,1-3H3,(H,61,74)(H,62,68)(H,63,69)(H,64,70)(H,66,79)(H,76,77)/t33-,34-,36-,37-,46-,47-,48+,49+,50+,51-,55+,58-/m0/s1. The third-order valence-electron chi connectivity index (χ3n) is 16.9. The number of hydrogen-bond acceptors (Lipinski definition) is 21. The largest absolute Gasteiger partial charge is 0.479 e. The van der Waals surface area contributed by atoms with Crippen molar-refractivity contribution in [3.05, 3.63) is 91.0 Å². The lowest BCUT2D eigenvalue weighted by molar-refractivity contribution is -0.271. The van der Waals surface area contributed by atoms with Gasteiger partial charge in [-0.25, -0.2) is 23.8 Å². The summed E-state index contributed by atoms with van der Waals surface area (Å²) in [4.78, 5) is 109. The number of aromatic nitrogens is 2. The number of aliphatic carboxylic acids is 1. The van der Waals surface area contributed by atoms with E-state index < -0.39 is 108 Å². The van der Waals surface area contributed by atoms with E-state index in [4.69, 9.17) is 43.9 Å². The van der Waals surface area contributed by atoms with E-state index in [-0.39, 0.29) is 149 Å². The summed E-state index contributed by atoms with van der Waals surface area (Å²) in [6.45, 7) is 2.74. The lowest BCUT2D eigenvalue weighted by atomic mass is 9.81. The number of amides is 5. The highest BCUT2D eigenvalue weighted by Crippen LogP contribution is 2.46. The number of aryl methyl sites for hydroxylation is 1. The van der Waals surface area contributed by atoms with E-state index >= 15 is 4.39 Å². The number of aliphatic hydroxyl groups excluding tert-OH is 3. The molecule has 87 heavy (non-hydrogen) atoms. The molecule has 12 atom stereocenters. The number of pyridine rings is 2. The topological polar surface area (TPSA) is 406 Å². The number of fused-ring (bicyclic) bond motifs is 6. The highest BCUT2D eigenvalue weighted by molar-refractivity contribution is 5.94. The monoisotopic (exact) mass is 1220 g/mol.